The summed E-state index contributed by atoms with van der Waals surface area (Å²) in [6.45, 7) is 8.83. The second-order valence-electron chi connectivity index (χ2n) is 5.70. The van der Waals surface area contributed by atoms with Crippen LogP contribution in [-0.2, 0) is 11.3 Å². The summed E-state index contributed by atoms with van der Waals surface area (Å²) in [4.78, 5) is 7.22. The molecule has 0 radical (unpaired) electrons. The highest BCUT2D eigenvalue weighted by atomic mass is 16.5. The summed E-state index contributed by atoms with van der Waals surface area (Å²) < 4.78 is 5.52. The van der Waals surface area contributed by atoms with E-state index in [1.807, 2.05) is 13.8 Å². The van der Waals surface area contributed by atoms with E-state index in [4.69, 9.17) is 9.72 Å². The molecule has 3 heteroatoms. The standard InChI is InChI=1S/C15H22N2O.C2H6/c1-11-3-6-14(12-7-8-18-10-12)15(16-11)9-17(2)13-4-5-13;1-2/h3,6,12-13H,4-5,7-10H2,1-2H3;1-2H3. The van der Waals surface area contributed by atoms with E-state index in [0.29, 0.717) is 5.92 Å². The fourth-order valence-corrected chi connectivity index (χ4v) is 2.78. The van der Waals surface area contributed by atoms with Gasteiger partial charge in [0.2, 0.25) is 0 Å². The number of aryl methyl sites for hydroxylation is 1. The number of nitrogens with zero attached hydrogens (tertiary/aromatic N) is 2. The van der Waals surface area contributed by atoms with Gasteiger partial charge >= 0.3 is 0 Å². The maximum Gasteiger partial charge on any atom is 0.0582 e. The number of hydrogen-bond acceptors (Lipinski definition) is 3. The van der Waals surface area contributed by atoms with Crippen molar-refractivity contribution in [1.29, 1.82) is 0 Å². The van der Waals surface area contributed by atoms with Crippen LogP contribution in [0.5, 0.6) is 0 Å². The van der Waals surface area contributed by atoms with Gasteiger partial charge in [-0.05, 0) is 44.9 Å². The average Bonchev–Trinajstić information content (AvgIpc) is 3.18. The lowest BCUT2D eigenvalue weighted by Gasteiger charge is -2.20. The number of hydrogen-bond donors (Lipinski definition) is 0. The second-order valence-corrected chi connectivity index (χ2v) is 5.70. The van der Waals surface area contributed by atoms with E-state index in [0.717, 1.165) is 37.9 Å². The molecule has 2 aliphatic rings. The summed E-state index contributed by atoms with van der Waals surface area (Å²) in [6.07, 6.45) is 3.85. The molecule has 20 heavy (non-hydrogen) atoms. The van der Waals surface area contributed by atoms with Crippen LogP contribution in [0.3, 0.4) is 0 Å². The van der Waals surface area contributed by atoms with Crippen molar-refractivity contribution in [1.82, 2.24) is 9.88 Å². The molecule has 1 atom stereocenters. The van der Waals surface area contributed by atoms with Crippen molar-refractivity contribution in [3.05, 3.63) is 29.1 Å². The molecule has 0 aromatic carbocycles. The lowest BCUT2D eigenvalue weighted by atomic mass is 9.96. The summed E-state index contributed by atoms with van der Waals surface area (Å²) in [5, 5.41) is 0. The van der Waals surface area contributed by atoms with Crippen LogP contribution in [0.25, 0.3) is 0 Å². The number of rotatable bonds is 4. The maximum atomic E-state index is 5.52. The molecule has 0 amide bonds. The molecule has 1 aliphatic carbocycles. The van der Waals surface area contributed by atoms with E-state index >= 15 is 0 Å². The third kappa shape index (κ3) is 3.80. The van der Waals surface area contributed by atoms with E-state index in [1.54, 1.807) is 0 Å². The van der Waals surface area contributed by atoms with Crippen LogP contribution in [0, 0.1) is 6.92 Å². The first-order valence-electron chi connectivity index (χ1n) is 7.98. The largest absolute Gasteiger partial charge is 0.381 e. The van der Waals surface area contributed by atoms with Gasteiger partial charge < -0.3 is 4.74 Å². The first kappa shape index (κ1) is 15.5. The Kier molecular flexibility index (Phi) is 5.55. The van der Waals surface area contributed by atoms with Gasteiger partial charge in [0.25, 0.3) is 0 Å². The zero-order valence-corrected chi connectivity index (χ0v) is 13.4. The molecular weight excluding hydrogens is 248 g/mol. The Morgan fingerprint density at radius 3 is 2.60 bits per heavy atom. The second kappa shape index (κ2) is 7.19. The molecule has 3 nitrogen and oxygen atoms in total. The van der Waals surface area contributed by atoms with Crippen molar-refractivity contribution >= 4 is 0 Å². The van der Waals surface area contributed by atoms with Crippen molar-refractivity contribution in [3.63, 3.8) is 0 Å². The van der Waals surface area contributed by atoms with Gasteiger partial charge in [0.05, 0.1) is 12.3 Å². The van der Waals surface area contributed by atoms with Gasteiger partial charge in [-0.2, -0.15) is 0 Å². The molecule has 1 aliphatic heterocycles. The Balaban J connectivity index is 0.000000704. The Labute approximate surface area is 123 Å². The summed E-state index contributed by atoms with van der Waals surface area (Å²) in [5.41, 5.74) is 3.79. The molecule has 0 spiro atoms. The third-order valence-electron chi connectivity index (χ3n) is 4.09. The van der Waals surface area contributed by atoms with Crippen molar-refractivity contribution < 1.29 is 4.74 Å². The number of ether oxygens (including phenoxy) is 1. The molecule has 1 aromatic heterocycles. The molecule has 0 bridgehead atoms. The first-order valence-corrected chi connectivity index (χ1v) is 7.98. The lowest BCUT2D eigenvalue weighted by Crippen LogP contribution is -2.22. The van der Waals surface area contributed by atoms with E-state index in [-0.39, 0.29) is 0 Å². The summed E-state index contributed by atoms with van der Waals surface area (Å²) >= 11 is 0. The minimum atomic E-state index is 0.556. The van der Waals surface area contributed by atoms with Crippen molar-refractivity contribution in [2.75, 3.05) is 20.3 Å². The fourth-order valence-electron chi connectivity index (χ4n) is 2.78. The van der Waals surface area contributed by atoms with E-state index in [9.17, 15) is 0 Å². The van der Waals surface area contributed by atoms with E-state index in [2.05, 4.69) is 31.0 Å². The molecule has 1 unspecified atom stereocenters. The lowest BCUT2D eigenvalue weighted by molar-refractivity contribution is 0.193. The summed E-state index contributed by atoms with van der Waals surface area (Å²) in [6, 6.07) is 5.19. The predicted molar refractivity (Wildman–Crippen MR) is 83.0 cm³/mol. The Morgan fingerprint density at radius 2 is 2.00 bits per heavy atom. The maximum absolute atomic E-state index is 5.52. The number of aromatic nitrogens is 1. The SMILES string of the molecule is CC.Cc1ccc(C2CCOC2)c(CN(C)C2CC2)n1. The van der Waals surface area contributed by atoms with Crippen molar-refractivity contribution in [3.8, 4) is 0 Å². The summed E-state index contributed by atoms with van der Waals surface area (Å²) in [7, 11) is 2.22. The normalized spacial score (nSPS) is 21.8. The Hall–Kier alpha value is -0.930. The smallest absolute Gasteiger partial charge is 0.0582 e. The van der Waals surface area contributed by atoms with Gasteiger partial charge in [-0.1, -0.05) is 19.9 Å². The topological polar surface area (TPSA) is 25.4 Å². The third-order valence-corrected chi connectivity index (χ3v) is 4.09. The molecular formula is C17H28N2O. The predicted octanol–water partition coefficient (Wildman–Crippen LogP) is 3.51. The fraction of sp³-hybridized carbons (Fsp3) is 0.706. The molecule has 1 aromatic rings. The highest BCUT2D eigenvalue weighted by molar-refractivity contribution is 5.27. The molecule has 2 fully saturated rings. The highest BCUT2D eigenvalue weighted by Crippen LogP contribution is 2.31. The molecule has 1 saturated heterocycles. The Bertz CT molecular complexity index is 423. The van der Waals surface area contributed by atoms with Crippen LogP contribution in [0.2, 0.25) is 0 Å². The molecule has 2 heterocycles. The van der Waals surface area contributed by atoms with Gasteiger partial charge in [0, 0.05) is 30.8 Å². The first-order chi connectivity index (χ1) is 9.74. The van der Waals surface area contributed by atoms with Crippen molar-refractivity contribution in [2.24, 2.45) is 0 Å². The Morgan fingerprint density at radius 1 is 1.25 bits per heavy atom. The quantitative estimate of drug-likeness (QED) is 0.841. The van der Waals surface area contributed by atoms with E-state index in [1.165, 1.54) is 24.1 Å². The monoisotopic (exact) mass is 276 g/mol. The zero-order valence-electron chi connectivity index (χ0n) is 13.4. The van der Waals surface area contributed by atoms with Crippen LogP contribution in [0.1, 0.15) is 56.0 Å². The highest BCUT2D eigenvalue weighted by Gasteiger charge is 2.28. The van der Waals surface area contributed by atoms with Gasteiger partial charge in [0.15, 0.2) is 0 Å². The number of pyridine rings is 1. The van der Waals surface area contributed by atoms with Crippen molar-refractivity contribution in [2.45, 2.75) is 58.5 Å². The minimum absolute atomic E-state index is 0.556. The summed E-state index contributed by atoms with van der Waals surface area (Å²) in [5.74, 6) is 0.556. The van der Waals surface area contributed by atoms with Gasteiger partial charge in [-0.15, -0.1) is 0 Å². The van der Waals surface area contributed by atoms with Crippen LogP contribution in [0.15, 0.2) is 12.1 Å². The van der Waals surface area contributed by atoms with Crippen LogP contribution < -0.4 is 0 Å². The van der Waals surface area contributed by atoms with Gasteiger partial charge in [0.1, 0.15) is 0 Å². The molecule has 0 N–H and O–H groups in total. The van der Waals surface area contributed by atoms with Crippen LogP contribution >= 0.6 is 0 Å². The van der Waals surface area contributed by atoms with Crippen LogP contribution in [0.4, 0.5) is 0 Å². The average molecular weight is 276 g/mol. The molecule has 3 rings (SSSR count). The zero-order chi connectivity index (χ0) is 14.5. The minimum Gasteiger partial charge on any atom is -0.381 e. The molecule has 1 saturated carbocycles. The van der Waals surface area contributed by atoms with Crippen LogP contribution in [-0.4, -0.2) is 36.2 Å². The van der Waals surface area contributed by atoms with Gasteiger partial charge in [-0.3, -0.25) is 9.88 Å². The van der Waals surface area contributed by atoms with Gasteiger partial charge in [-0.25, -0.2) is 0 Å². The molecule has 112 valence electrons. The van der Waals surface area contributed by atoms with E-state index < -0.39 is 0 Å².